The van der Waals surface area contributed by atoms with E-state index < -0.39 is 0 Å². The van der Waals surface area contributed by atoms with Crippen molar-refractivity contribution < 1.29 is 14.3 Å². The highest BCUT2D eigenvalue weighted by molar-refractivity contribution is 7.19. The zero-order chi connectivity index (χ0) is 44.8. The van der Waals surface area contributed by atoms with E-state index in [1.807, 2.05) is 73.3 Å². The van der Waals surface area contributed by atoms with E-state index in [1.54, 1.807) is 6.33 Å². The van der Waals surface area contributed by atoms with E-state index in [-0.39, 0.29) is 22.6 Å². The van der Waals surface area contributed by atoms with Gasteiger partial charge in [0.2, 0.25) is 17.7 Å². The smallest absolute Gasteiger partial charge is 0.240 e. The van der Waals surface area contributed by atoms with Gasteiger partial charge in [-0.05, 0) is 86.0 Å². The van der Waals surface area contributed by atoms with Crippen molar-refractivity contribution in [2.75, 3.05) is 38.7 Å². The Morgan fingerprint density at radius 3 is 2.00 bits per heavy atom. The number of nitrogen functional groups attached to an aromatic ring is 2. The number of amides is 2. The second-order valence-electron chi connectivity index (χ2n) is 16.8. The van der Waals surface area contributed by atoms with Gasteiger partial charge in [0.05, 0.1) is 35.3 Å². The molecule has 330 valence electrons. The highest BCUT2D eigenvalue weighted by Gasteiger charge is 2.38. The van der Waals surface area contributed by atoms with E-state index >= 15 is 0 Å². The van der Waals surface area contributed by atoms with Crippen LogP contribution in [-0.4, -0.2) is 68.7 Å². The molecule has 7 aromatic rings. The minimum absolute atomic E-state index is 0.0978. The Kier molecular flexibility index (Phi) is 15.9. The minimum Gasteiger partial charge on any atom is -0.476 e. The topological polar surface area (TPSA) is 170 Å². The standard InChI is InChI=1S/C19H23N3O.C14H16N2.C9H9N3S.C8H13NO2/c1-21(2)13-8-14-23-19-17-11-6-7-12-18(17)22(20-19)15-16-9-4-3-5-10-16;1-2-14(13-9-15-10-16-13)7-11-5-3-4-6-12(11)8-14;10-8-7(13-9(11)12-8)6-4-2-1-3-5-6;1-3-8(2)4-6(10)9-7(11)5-8/h3-7,9-12H,8,13-15H2,1-2H3;3-6,9-10H,2,7-8H2,1H3,(H,15,16);1-5H,10H2,(H2,11,12);3-5H2,1-2H3,(H,9,10,11). The van der Waals surface area contributed by atoms with Gasteiger partial charge in [-0.25, -0.2) is 9.97 Å². The number of ether oxygens (including phenoxy) is 1. The molecule has 0 saturated carbocycles. The average Bonchev–Trinajstić information content (AvgIpc) is 4.10. The lowest BCUT2D eigenvalue weighted by molar-refractivity contribution is -0.137. The molecule has 6 N–H and O–H groups in total. The van der Waals surface area contributed by atoms with Gasteiger partial charge in [-0.15, -0.1) is 5.10 Å². The molecule has 2 aliphatic rings. The molecule has 1 aliphatic carbocycles. The molecular weight excluding hydrogens is 807 g/mol. The lowest BCUT2D eigenvalue weighted by Crippen LogP contribution is -2.43. The van der Waals surface area contributed by atoms with Crippen molar-refractivity contribution in [3.63, 3.8) is 0 Å². The number of aromatic nitrogens is 5. The molecule has 12 nitrogen and oxygen atoms in total. The number of hydrogen-bond donors (Lipinski definition) is 4. The van der Waals surface area contributed by atoms with E-state index in [0.717, 1.165) is 72.4 Å². The molecular formula is C50H61N9O3S. The van der Waals surface area contributed by atoms with Crippen molar-refractivity contribution in [1.29, 1.82) is 0 Å². The van der Waals surface area contributed by atoms with Gasteiger partial charge in [0.15, 0.2) is 5.13 Å². The molecule has 1 saturated heterocycles. The summed E-state index contributed by atoms with van der Waals surface area (Å²) >= 11 is 1.41. The molecule has 0 unspecified atom stereocenters. The van der Waals surface area contributed by atoms with Crippen LogP contribution in [0.15, 0.2) is 122 Å². The number of imidazole rings is 1. The quantitative estimate of drug-likeness (QED) is 0.0732. The zero-order valence-corrected chi connectivity index (χ0v) is 38.0. The molecule has 4 heterocycles. The van der Waals surface area contributed by atoms with Gasteiger partial charge < -0.3 is 26.1 Å². The van der Waals surface area contributed by atoms with Crippen LogP contribution in [0.25, 0.3) is 21.3 Å². The normalized spacial score (nSPS) is 14.6. The van der Waals surface area contributed by atoms with Gasteiger partial charge in [-0.2, -0.15) is 0 Å². The summed E-state index contributed by atoms with van der Waals surface area (Å²) in [6.07, 6.45) is 10.0. The molecule has 63 heavy (non-hydrogen) atoms. The number of anilines is 2. The van der Waals surface area contributed by atoms with Crippen LogP contribution in [0.5, 0.6) is 5.88 Å². The fourth-order valence-electron chi connectivity index (χ4n) is 7.98. The molecule has 3 aromatic heterocycles. The first-order valence-electron chi connectivity index (χ1n) is 21.6. The van der Waals surface area contributed by atoms with Crippen LogP contribution in [-0.2, 0) is 34.4 Å². The first-order valence-corrected chi connectivity index (χ1v) is 22.4. The summed E-state index contributed by atoms with van der Waals surface area (Å²) in [5, 5.41) is 8.56. The van der Waals surface area contributed by atoms with Gasteiger partial charge >= 0.3 is 0 Å². The number of nitrogens with zero attached hydrogens (tertiary/aromatic N) is 5. The van der Waals surface area contributed by atoms with Crippen LogP contribution in [0.2, 0.25) is 0 Å². The van der Waals surface area contributed by atoms with Crippen LogP contribution >= 0.6 is 11.3 Å². The number of thiazole rings is 1. The Labute approximate surface area is 375 Å². The number of piperidine rings is 1. The average molecular weight is 868 g/mol. The molecule has 2 amide bonds. The Hall–Kier alpha value is -6.31. The first kappa shape index (κ1) is 46.2. The monoisotopic (exact) mass is 867 g/mol. The molecule has 0 spiro atoms. The number of aromatic amines is 1. The molecule has 9 rings (SSSR count). The van der Waals surface area contributed by atoms with E-state index in [0.29, 0.717) is 30.4 Å². The van der Waals surface area contributed by atoms with Crippen LogP contribution < -0.4 is 21.5 Å². The van der Waals surface area contributed by atoms with Crippen molar-refractivity contribution in [1.82, 2.24) is 34.9 Å². The van der Waals surface area contributed by atoms with Gasteiger partial charge in [0.1, 0.15) is 5.82 Å². The fourth-order valence-corrected chi connectivity index (χ4v) is 8.74. The molecule has 0 radical (unpaired) electrons. The van der Waals surface area contributed by atoms with Crippen molar-refractivity contribution in [3.8, 4) is 16.3 Å². The Morgan fingerprint density at radius 1 is 0.810 bits per heavy atom. The Bertz CT molecular complexity index is 2480. The number of rotatable bonds is 11. The summed E-state index contributed by atoms with van der Waals surface area (Å²) in [4.78, 5) is 36.4. The highest BCUT2D eigenvalue weighted by atomic mass is 32.1. The van der Waals surface area contributed by atoms with Crippen LogP contribution in [0, 0.1) is 5.41 Å². The van der Waals surface area contributed by atoms with Crippen LogP contribution in [0.4, 0.5) is 10.9 Å². The van der Waals surface area contributed by atoms with Gasteiger partial charge in [-0.3, -0.25) is 19.6 Å². The molecule has 0 atom stereocenters. The maximum atomic E-state index is 10.9. The molecule has 13 heteroatoms. The van der Waals surface area contributed by atoms with E-state index in [4.69, 9.17) is 16.2 Å². The SMILES string of the molecule is CCC1(C)CC(=O)NC(=O)C1.CCC1(c2cnc[nH]2)Cc2ccccc2C1.CN(C)CCCOc1nn(Cc2ccccc2)c2ccccc12.Nc1nc(N)c(-c2ccccc2)s1. The minimum atomic E-state index is -0.134. The van der Waals surface area contributed by atoms with Gasteiger partial charge in [0.25, 0.3) is 0 Å². The maximum Gasteiger partial charge on any atom is 0.240 e. The molecule has 1 fully saturated rings. The third kappa shape index (κ3) is 12.4. The predicted octanol–water partition coefficient (Wildman–Crippen LogP) is 9.09. The number of fused-ring (bicyclic) bond motifs is 2. The number of carbonyl (C=O) groups excluding carboxylic acids is 2. The van der Waals surface area contributed by atoms with E-state index in [1.165, 1.54) is 33.7 Å². The summed E-state index contributed by atoms with van der Waals surface area (Å²) in [5.41, 5.74) is 19.1. The lowest BCUT2D eigenvalue weighted by atomic mass is 9.78. The number of H-pyrrole nitrogens is 1. The number of para-hydroxylation sites is 1. The largest absolute Gasteiger partial charge is 0.476 e. The van der Waals surface area contributed by atoms with Crippen molar-refractivity contribution in [2.24, 2.45) is 5.41 Å². The Morgan fingerprint density at radius 2 is 1.43 bits per heavy atom. The van der Waals surface area contributed by atoms with E-state index in [2.05, 4.69) is 112 Å². The van der Waals surface area contributed by atoms with Crippen LogP contribution in [0.1, 0.15) is 75.3 Å². The fraction of sp³-hybridized carbons (Fsp3) is 0.340. The van der Waals surface area contributed by atoms with E-state index in [9.17, 15) is 9.59 Å². The van der Waals surface area contributed by atoms with Gasteiger partial charge in [0, 0.05) is 36.7 Å². The summed E-state index contributed by atoms with van der Waals surface area (Å²) in [6, 6.07) is 37.3. The molecule has 0 bridgehead atoms. The third-order valence-corrected chi connectivity index (χ3v) is 12.7. The summed E-state index contributed by atoms with van der Waals surface area (Å²) < 4.78 is 7.95. The molecule has 4 aromatic carbocycles. The van der Waals surface area contributed by atoms with Crippen molar-refractivity contribution in [2.45, 2.75) is 77.7 Å². The third-order valence-electron chi connectivity index (χ3n) is 11.7. The highest BCUT2D eigenvalue weighted by Crippen LogP contribution is 2.41. The number of benzene rings is 4. The second kappa shape index (κ2) is 21.7. The van der Waals surface area contributed by atoms with Crippen molar-refractivity contribution in [3.05, 3.63) is 144 Å². The lowest BCUT2D eigenvalue weighted by Gasteiger charge is -2.30. The Balaban J connectivity index is 0.000000146. The zero-order valence-electron chi connectivity index (χ0n) is 37.1. The number of hydrogen-bond acceptors (Lipinski definition) is 10. The maximum absolute atomic E-state index is 10.9. The number of nitrogens with two attached hydrogens (primary N) is 2. The van der Waals surface area contributed by atoms with Crippen molar-refractivity contribution >= 4 is 45.0 Å². The summed E-state index contributed by atoms with van der Waals surface area (Å²) in [5.74, 6) is 0.972. The number of imide groups is 1. The van der Waals surface area contributed by atoms with Gasteiger partial charge in [-0.1, -0.05) is 129 Å². The predicted molar refractivity (Wildman–Crippen MR) is 256 cm³/mol. The first-order chi connectivity index (χ1) is 30.4. The number of carbonyl (C=O) groups is 2. The second-order valence-corrected chi connectivity index (χ2v) is 17.8. The summed E-state index contributed by atoms with van der Waals surface area (Å²) in [7, 11) is 4.15. The van der Waals surface area contributed by atoms with Crippen LogP contribution in [0.3, 0.4) is 0 Å². The number of nitrogens with one attached hydrogen (secondary N) is 2. The molecule has 1 aliphatic heterocycles. The summed E-state index contributed by atoms with van der Waals surface area (Å²) in [6.45, 7) is 8.71.